The summed E-state index contributed by atoms with van der Waals surface area (Å²) in [5.74, 6) is 0.0689. The van der Waals surface area contributed by atoms with E-state index < -0.39 is 5.97 Å². The largest absolute Gasteiger partial charge is 0.478 e. The van der Waals surface area contributed by atoms with E-state index in [2.05, 4.69) is 58.2 Å². The summed E-state index contributed by atoms with van der Waals surface area (Å²) in [6, 6.07) is 16.3. The number of nitrogens with one attached hydrogen (secondary N) is 1. The molecule has 214 valence electrons. The maximum Gasteiger partial charge on any atom is 0.335 e. The van der Waals surface area contributed by atoms with E-state index in [0.717, 1.165) is 86.2 Å². The Morgan fingerprint density at radius 1 is 1.05 bits per heavy atom. The summed E-state index contributed by atoms with van der Waals surface area (Å²) >= 11 is 6.19. The molecule has 1 fully saturated rings. The molecule has 0 bridgehead atoms. The zero-order chi connectivity index (χ0) is 28.6. The van der Waals surface area contributed by atoms with Crippen LogP contribution < -0.4 is 10.2 Å². The number of carbonyl (C=O) groups is 1. The van der Waals surface area contributed by atoms with Gasteiger partial charge in [0, 0.05) is 56.2 Å². The van der Waals surface area contributed by atoms with Gasteiger partial charge < -0.3 is 15.3 Å². The predicted molar refractivity (Wildman–Crippen MR) is 167 cm³/mol. The van der Waals surface area contributed by atoms with Crippen LogP contribution in [0.25, 0.3) is 5.57 Å². The fraction of sp³-hybridized carbons (Fsp3) is 0.412. The number of nitrogens with zero attached hydrogens (tertiary/aromatic N) is 3. The maximum atomic E-state index is 12.0. The fourth-order valence-electron chi connectivity index (χ4n) is 6.57. The summed E-state index contributed by atoms with van der Waals surface area (Å²) in [5.41, 5.74) is 9.24. The first-order valence-electron chi connectivity index (χ1n) is 14.8. The Morgan fingerprint density at radius 3 is 2.59 bits per heavy atom. The third kappa shape index (κ3) is 6.29. The highest BCUT2D eigenvalue weighted by atomic mass is 35.5. The molecule has 0 saturated carbocycles. The third-order valence-corrected chi connectivity index (χ3v) is 9.21. The van der Waals surface area contributed by atoms with Crippen LogP contribution in [0.2, 0.25) is 5.02 Å². The smallest absolute Gasteiger partial charge is 0.335 e. The van der Waals surface area contributed by atoms with Gasteiger partial charge >= 0.3 is 5.97 Å². The first-order chi connectivity index (χ1) is 19.7. The number of hydrogen-bond acceptors (Lipinski definition) is 5. The molecule has 6 rings (SSSR count). The Bertz CT molecular complexity index is 1470. The summed E-state index contributed by atoms with van der Waals surface area (Å²) in [4.78, 5) is 21.6. The average Bonchev–Trinajstić information content (AvgIpc) is 3.43. The second-order valence-electron chi connectivity index (χ2n) is 12.5. The van der Waals surface area contributed by atoms with Crippen LogP contribution in [0.1, 0.15) is 65.7 Å². The predicted octanol–water partition coefficient (Wildman–Crippen LogP) is 6.78. The molecule has 2 aliphatic heterocycles. The minimum atomic E-state index is -0.882. The Balaban J connectivity index is 1.16. The maximum absolute atomic E-state index is 12.0. The van der Waals surface area contributed by atoms with Crippen molar-refractivity contribution in [2.75, 3.05) is 49.5 Å². The number of pyridine rings is 1. The van der Waals surface area contributed by atoms with E-state index in [0.29, 0.717) is 17.4 Å². The van der Waals surface area contributed by atoms with Gasteiger partial charge in [-0.2, -0.15) is 0 Å². The second kappa shape index (κ2) is 11.5. The van der Waals surface area contributed by atoms with Crippen LogP contribution in [0.4, 0.5) is 11.5 Å². The quantitative estimate of drug-likeness (QED) is 0.326. The molecule has 3 aromatic rings. The van der Waals surface area contributed by atoms with Gasteiger partial charge in [-0.05, 0) is 95.7 Å². The lowest BCUT2D eigenvalue weighted by atomic mass is 9.72. The molecule has 0 atom stereocenters. The number of rotatable bonds is 7. The summed E-state index contributed by atoms with van der Waals surface area (Å²) in [7, 11) is 0. The number of piperazine rings is 1. The number of allylic oxidation sites excluding steroid dienone is 1. The molecule has 0 radical (unpaired) electrons. The highest BCUT2D eigenvalue weighted by molar-refractivity contribution is 6.30. The lowest BCUT2D eigenvalue weighted by Gasteiger charge is -2.39. The van der Waals surface area contributed by atoms with Gasteiger partial charge in [-0.1, -0.05) is 49.2 Å². The molecule has 0 unspecified atom stereocenters. The normalized spacial score (nSPS) is 18.8. The van der Waals surface area contributed by atoms with Gasteiger partial charge in [0.1, 0.15) is 5.82 Å². The number of hydrogen-bond donors (Lipinski definition) is 2. The van der Waals surface area contributed by atoms with E-state index in [9.17, 15) is 9.90 Å². The molecular formula is C34H39ClN4O2. The first-order valence-corrected chi connectivity index (χ1v) is 15.1. The van der Waals surface area contributed by atoms with Gasteiger partial charge in [0.05, 0.1) is 5.56 Å². The zero-order valence-corrected chi connectivity index (χ0v) is 24.8. The van der Waals surface area contributed by atoms with Crippen LogP contribution in [-0.4, -0.2) is 60.2 Å². The van der Waals surface area contributed by atoms with E-state index in [-0.39, 0.29) is 0 Å². The highest BCUT2D eigenvalue weighted by Crippen LogP contribution is 2.43. The monoisotopic (exact) mass is 570 g/mol. The minimum Gasteiger partial charge on any atom is -0.478 e. The van der Waals surface area contributed by atoms with E-state index >= 15 is 0 Å². The van der Waals surface area contributed by atoms with Crippen molar-refractivity contribution in [3.05, 3.63) is 93.1 Å². The number of halogens is 1. The second-order valence-corrected chi connectivity index (χ2v) is 13.0. The number of benzene rings is 2. The topological polar surface area (TPSA) is 68.7 Å². The molecule has 3 aliphatic rings. The van der Waals surface area contributed by atoms with Crippen LogP contribution in [0.15, 0.2) is 60.3 Å². The van der Waals surface area contributed by atoms with Crippen molar-refractivity contribution < 1.29 is 9.90 Å². The Hall–Kier alpha value is -3.35. The Morgan fingerprint density at radius 2 is 1.83 bits per heavy atom. The van der Waals surface area contributed by atoms with Crippen molar-refractivity contribution in [1.82, 2.24) is 9.88 Å². The number of anilines is 2. The SMILES string of the molecule is CC1(C)CCC(CN2CCN(c3ccc(C(=O)O)c(Cc4cnc5c(c4)CCN5)c3)CC2)=C(c2ccc(Cl)cc2)C1. The van der Waals surface area contributed by atoms with Crippen LogP contribution in [0.3, 0.4) is 0 Å². The Kier molecular flexibility index (Phi) is 7.80. The molecule has 0 spiro atoms. The minimum absolute atomic E-state index is 0.309. The van der Waals surface area contributed by atoms with Crippen molar-refractivity contribution in [2.45, 2.75) is 46.0 Å². The lowest BCUT2D eigenvalue weighted by Crippen LogP contribution is -2.47. The molecule has 7 heteroatoms. The van der Waals surface area contributed by atoms with Gasteiger partial charge in [-0.25, -0.2) is 9.78 Å². The summed E-state index contributed by atoms with van der Waals surface area (Å²) < 4.78 is 0. The van der Waals surface area contributed by atoms with Gasteiger partial charge in [-0.15, -0.1) is 0 Å². The van der Waals surface area contributed by atoms with Crippen molar-refractivity contribution in [3.8, 4) is 0 Å². The number of aromatic nitrogens is 1. The van der Waals surface area contributed by atoms with E-state index in [1.54, 1.807) is 11.6 Å². The van der Waals surface area contributed by atoms with Gasteiger partial charge in [0.2, 0.25) is 0 Å². The van der Waals surface area contributed by atoms with Crippen LogP contribution in [0, 0.1) is 5.41 Å². The molecule has 3 heterocycles. The molecule has 41 heavy (non-hydrogen) atoms. The lowest BCUT2D eigenvalue weighted by molar-refractivity contribution is 0.0696. The van der Waals surface area contributed by atoms with E-state index in [4.69, 9.17) is 11.6 Å². The van der Waals surface area contributed by atoms with E-state index in [1.165, 1.54) is 23.1 Å². The fourth-order valence-corrected chi connectivity index (χ4v) is 6.70. The van der Waals surface area contributed by atoms with Crippen LogP contribution >= 0.6 is 11.6 Å². The van der Waals surface area contributed by atoms with Gasteiger partial charge in [0.25, 0.3) is 0 Å². The summed E-state index contributed by atoms with van der Waals surface area (Å²) in [5, 5.41) is 14.0. The van der Waals surface area contributed by atoms with Crippen LogP contribution in [-0.2, 0) is 12.8 Å². The molecule has 2 aromatic carbocycles. The van der Waals surface area contributed by atoms with Crippen molar-refractivity contribution >= 4 is 34.6 Å². The Labute approximate surface area is 248 Å². The summed E-state index contributed by atoms with van der Waals surface area (Å²) in [6.45, 7) is 10.5. The number of carboxylic acid groups (broad SMARTS) is 1. The van der Waals surface area contributed by atoms with Crippen molar-refractivity contribution in [1.29, 1.82) is 0 Å². The first kappa shape index (κ1) is 27.8. The average molecular weight is 571 g/mol. The molecule has 1 aliphatic carbocycles. The van der Waals surface area contributed by atoms with Gasteiger partial charge in [-0.3, -0.25) is 4.90 Å². The summed E-state index contributed by atoms with van der Waals surface area (Å²) in [6.07, 6.45) is 6.84. The molecule has 1 saturated heterocycles. The molecule has 2 N–H and O–H groups in total. The number of carboxylic acids is 1. The molecule has 1 aromatic heterocycles. The standard InChI is InChI=1S/C34H39ClN4O2/c1-34(2)11-9-26(31(20-34)24-3-5-28(35)6-4-24)22-38-13-15-39(16-14-38)29-7-8-30(33(40)41)27(19-29)18-23-17-25-10-12-36-32(25)37-21-23/h3-8,17,19,21H,9-16,18,20,22H2,1-2H3,(H,36,37)(H,40,41). The van der Waals surface area contributed by atoms with Crippen molar-refractivity contribution in [2.24, 2.45) is 5.41 Å². The molecule has 6 nitrogen and oxygen atoms in total. The van der Waals surface area contributed by atoms with E-state index in [1.807, 2.05) is 24.4 Å². The van der Waals surface area contributed by atoms with Crippen molar-refractivity contribution in [3.63, 3.8) is 0 Å². The molecule has 0 amide bonds. The molecular weight excluding hydrogens is 532 g/mol. The van der Waals surface area contributed by atoms with Gasteiger partial charge in [0.15, 0.2) is 0 Å². The highest BCUT2D eigenvalue weighted by Gasteiger charge is 2.29. The zero-order valence-electron chi connectivity index (χ0n) is 24.0. The number of aromatic carboxylic acids is 1. The van der Waals surface area contributed by atoms with Crippen LogP contribution in [0.5, 0.6) is 0 Å². The number of fused-ring (bicyclic) bond motifs is 1. The third-order valence-electron chi connectivity index (χ3n) is 8.95.